The van der Waals surface area contributed by atoms with Crippen LogP contribution in [0.2, 0.25) is 0 Å². The van der Waals surface area contributed by atoms with Crippen molar-refractivity contribution in [3.63, 3.8) is 0 Å². The van der Waals surface area contributed by atoms with Crippen LogP contribution >= 0.6 is 0 Å². The minimum absolute atomic E-state index is 0.854. The van der Waals surface area contributed by atoms with Crippen molar-refractivity contribution < 1.29 is 8.83 Å². The van der Waals surface area contributed by atoms with Crippen LogP contribution < -0.4 is 25.6 Å². The fourth-order valence-corrected chi connectivity index (χ4v) is 15.5. The van der Waals surface area contributed by atoms with Crippen molar-refractivity contribution in [3.8, 4) is 11.1 Å². The van der Waals surface area contributed by atoms with Gasteiger partial charge in [0.15, 0.2) is 8.07 Å². The molecule has 0 aliphatic carbocycles. The number of anilines is 3. The predicted octanol–water partition coefficient (Wildman–Crippen LogP) is 12.6. The minimum atomic E-state index is -2.94. The van der Waals surface area contributed by atoms with Gasteiger partial charge in [-0.25, -0.2) is 0 Å². The molecule has 0 saturated carbocycles. The molecule has 1 aliphatic rings. The van der Waals surface area contributed by atoms with Gasteiger partial charge >= 0.3 is 0 Å². The van der Waals surface area contributed by atoms with Crippen LogP contribution in [0.5, 0.6) is 0 Å². The van der Waals surface area contributed by atoms with Crippen molar-refractivity contribution in [1.29, 1.82) is 0 Å². The molecule has 60 heavy (non-hydrogen) atoms. The Balaban J connectivity index is 1.13. The first-order valence-corrected chi connectivity index (χ1v) is 22.6. The Morgan fingerprint density at radius 1 is 0.333 bits per heavy atom. The average Bonchev–Trinajstić information content (AvgIpc) is 3.97. The molecule has 280 valence electrons. The molecule has 0 bridgehead atoms. The topological polar surface area (TPSA) is 29.5 Å². The molecule has 0 atom stereocenters. The number of fused-ring (bicyclic) bond motifs is 11. The Kier molecular flexibility index (Phi) is 7.03. The van der Waals surface area contributed by atoms with Crippen LogP contribution in [0.3, 0.4) is 0 Å². The molecular formula is C56H35NO2Si. The molecule has 3 nitrogen and oxygen atoms in total. The summed E-state index contributed by atoms with van der Waals surface area (Å²) in [5.74, 6) is 0. The third kappa shape index (κ3) is 4.71. The van der Waals surface area contributed by atoms with Gasteiger partial charge in [-0.3, -0.25) is 0 Å². The third-order valence-electron chi connectivity index (χ3n) is 12.9. The van der Waals surface area contributed by atoms with Gasteiger partial charge in [-0.05, 0) is 90.3 Å². The highest BCUT2D eigenvalue weighted by atomic mass is 28.3. The Bertz CT molecular complexity index is 3510. The number of furan rings is 2. The molecule has 0 saturated heterocycles. The minimum Gasteiger partial charge on any atom is -0.456 e. The zero-order valence-corrected chi connectivity index (χ0v) is 33.5. The molecule has 1 aliphatic heterocycles. The van der Waals surface area contributed by atoms with Gasteiger partial charge in [-0.2, -0.15) is 0 Å². The highest BCUT2D eigenvalue weighted by Crippen LogP contribution is 2.45. The quantitative estimate of drug-likeness (QED) is 0.163. The van der Waals surface area contributed by atoms with E-state index in [1.54, 1.807) is 0 Å². The van der Waals surface area contributed by atoms with Gasteiger partial charge in [0.1, 0.15) is 22.3 Å². The smallest absolute Gasteiger partial charge is 0.180 e. The van der Waals surface area contributed by atoms with E-state index in [2.05, 4.69) is 193 Å². The zero-order valence-electron chi connectivity index (χ0n) is 32.5. The third-order valence-corrected chi connectivity index (χ3v) is 17.7. The van der Waals surface area contributed by atoms with Gasteiger partial charge in [-0.1, -0.05) is 158 Å². The fourth-order valence-electron chi connectivity index (χ4n) is 10.3. The van der Waals surface area contributed by atoms with Crippen LogP contribution in [0.1, 0.15) is 0 Å². The lowest BCUT2D eigenvalue weighted by Crippen LogP contribution is -2.72. The van der Waals surface area contributed by atoms with E-state index in [-0.39, 0.29) is 0 Å². The molecule has 3 heterocycles. The molecule has 0 N–H and O–H groups in total. The second-order valence-corrected chi connectivity index (χ2v) is 19.7. The summed E-state index contributed by atoms with van der Waals surface area (Å²) in [4.78, 5) is 2.42. The predicted molar refractivity (Wildman–Crippen MR) is 253 cm³/mol. The van der Waals surface area contributed by atoms with E-state index in [4.69, 9.17) is 8.83 Å². The first kappa shape index (κ1) is 33.3. The van der Waals surface area contributed by atoms with Crippen molar-refractivity contribution in [2.45, 2.75) is 0 Å². The van der Waals surface area contributed by atoms with Crippen LogP contribution in [-0.4, -0.2) is 8.07 Å². The van der Waals surface area contributed by atoms with Gasteiger partial charge in [0.05, 0.1) is 5.69 Å². The molecule has 0 unspecified atom stereocenters. The van der Waals surface area contributed by atoms with Gasteiger partial charge in [0.2, 0.25) is 0 Å². The summed E-state index contributed by atoms with van der Waals surface area (Å²) in [5, 5.41) is 15.0. The van der Waals surface area contributed by atoms with Crippen LogP contribution in [0.4, 0.5) is 17.1 Å². The molecule has 0 amide bonds. The van der Waals surface area contributed by atoms with Crippen molar-refractivity contribution >= 4 is 111 Å². The van der Waals surface area contributed by atoms with Crippen molar-refractivity contribution in [2.75, 3.05) is 4.90 Å². The van der Waals surface area contributed by atoms with E-state index in [0.29, 0.717) is 0 Å². The molecule has 13 rings (SSSR count). The lowest BCUT2D eigenvalue weighted by molar-refractivity contribution is 0.669. The highest BCUT2D eigenvalue weighted by Gasteiger charge is 2.50. The molecule has 0 spiro atoms. The first-order valence-electron chi connectivity index (χ1n) is 20.6. The monoisotopic (exact) mass is 781 g/mol. The highest BCUT2D eigenvalue weighted by molar-refractivity contribution is 7.22. The van der Waals surface area contributed by atoms with E-state index in [1.165, 1.54) is 53.4 Å². The largest absolute Gasteiger partial charge is 0.456 e. The van der Waals surface area contributed by atoms with E-state index >= 15 is 0 Å². The Morgan fingerprint density at radius 3 is 1.42 bits per heavy atom. The van der Waals surface area contributed by atoms with Crippen LogP contribution in [0.15, 0.2) is 221 Å². The summed E-state index contributed by atoms with van der Waals surface area (Å²) in [6.07, 6.45) is 0. The van der Waals surface area contributed by atoms with E-state index in [1.807, 2.05) is 24.3 Å². The normalized spacial score (nSPS) is 13.1. The van der Waals surface area contributed by atoms with Gasteiger partial charge in [0, 0.05) is 50.6 Å². The van der Waals surface area contributed by atoms with E-state index in [0.717, 1.165) is 60.9 Å². The Morgan fingerprint density at radius 2 is 0.817 bits per heavy atom. The van der Waals surface area contributed by atoms with Crippen molar-refractivity contribution in [2.24, 2.45) is 0 Å². The number of hydrogen-bond acceptors (Lipinski definition) is 3. The summed E-state index contributed by atoms with van der Waals surface area (Å²) in [6, 6.07) is 78.0. The molecule has 0 radical (unpaired) electrons. The molecule has 10 aromatic carbocycles. The standard InChI is InChI=1S/C56H35NO2Si/c1-3-14-38-32-42(28-24-36(38)12-1)60(43-29-25-37-13-2-4-15-39(37)33-43)54-22-10-7-18-48(54)56-49(19-11-23-55(56)60)57(40-26-30-46-44-16-5-8-20-50(44)58-52(46)34-40)41-27-31-47-45-17-6-9-21-51(45)59-53(47)35-41/h1-35H. The lowest BCUT2D eigenvalue weighted by Gasteiger charge is -2.33. The van der Waals surface area contributed by atoms with Crippen molar-refractivity contribution in [1.82, 2.24) is 0 Å². The lowest BCUT2D eigenvalue weighted by atomic mass is 10.0. The second kappa shape index (κ2) is 12.7. The molecule has 4 heteroatoms. The van der Waals surface area contributed by atoms with Crippen LogP contribution in [0, 0.1) is 0 Å². The first-order chi connectivity index (χ1) is 29.7. The summed E-state index contributed by atoms with van der Waals surface area (Å²) in [6.45, 7) is 0. The average molecular weight is 782 g/mol. The zero-order chi connectivity index (χ0) is 39.4. The van der Waals surface area contributed by atoms with E-state index < -0.39 is 8.07 Å². The maximum Gasteiger partial charge on any atom is 0.180 e. The molecular weight excluding hydrogens is 747 g/mol. The number of rotatable bonds is 5. The summed E-state index contributed by atoms with van der Waals surface area (Å²) in [7, 11) is -2.94. The SMILES string of the molecule is c1ccc2c(c1)-c1c(N(c3ccc4c(c3)oc3ccccc34)c3ccc4c(c3)oc3ccccc34)cccc1[Si]2(c1ccc2ccccc2c1)c1ccc2ccccc2c1. The second-order valence-electron chi connectivity index (χ2n) is 16.0. The Hall–Kier alpha value is -7.66. The molecule has 2 aromatic heterocycles. The number of para-hydroxylation sites is 2. The Labute approximate surface area is 347 Å². The van der Waals surface area contributed by atoms with Gasteiger partial charge in [-0.15, -0.1) is 0 Å². The molecule has 12 aromatic rings. The summed E-state index contributed by atoms with van der Waals surface area (Å²) >= 11 is 0. The van der Waals surface area contributed by atoms with Gasteiger partial charge < -0.3 is 13.7 Å². The maximum atomic E-state index is 6.55. The number of nitrogens with zero attached hydrogens (tertiary/aromatic N) is 1. The van der Waals surface area contributed by atoms with Gasteiger partial charge in [0.25, 0.3) is 0 Å². The summed E-state index contributed by atoms with van der Waals surface area (Å²) in [5.41, 5.74) is 9.15. The summed E-state index contributed by atoms with van der Waals surface area (Å²) < 4.78 is 13.1. The van der Waals surface area contributed by atoms with E-state index in [9.17, 15) is 0 Å². The fraction of sp³-hybridized carbons (Fsp3) is 0. The van der Waals surface area contributed by atoms with Crippen LogP contribution in [-0.2, 0) is 0 Å². The van der Waals surface area contributed by atoms with Crippen LogP contribution in [0.25, 0.3) is 76.5 Å². The number of hydrogen-bond donors (Lipinski definition) is 0. The number of benzene rings is 10. The maximum absolute atomic E-state index is 6.55. The van der Waals surface area contributed by atoms with Crippen molar-refractivity contribution in [3.05, 3.63) is 212 Å². The molecule has 0 fully saturated rings.